The van der Waals surface area contributed by atoms with Crippen LogP contribution in [0.3, 0.4) is 0 Å². The van der Waals surface area contributed by atoms with Crippen LogP contribution in [0.25, 0.3) is 0 Å². The predicted molar refractivity (Wildman–Crippen MR) is 54.9 cm³/mol. The van der Waals surface area contributed by atoms with Gasteiger partial charge in [0.1, 0.15) is 0 Å². The number of rotatable bonds is 4. The molecule has 0 radical (unpaired) electrons. The number of nitrogens with zero attached hydrogens (tertiary/aromatic N) is 2. The van der Waals surface area contributed by atoms with Gasteiger partial charge in [0, 0.05) is 22.9 Å². The Bertz CT molecular complexity index is 399. The van der Waals surface area contributed by atoms with E-state index in [1.807, 2.05) is 6.92 Å². The van der Waals surface area contributed by atoms with E-state index in [1.165, 1.54) is 12.5 Å². The molecule has 0 bridgehead atoms. The summed E-state index contributed by atoms with van der Waals surface area (Å²) >= 11 is 0. The van der Waals surface area contributed by atoms with Crippen LogP contribution in [0, 0.1) is 0 Å². The van der Waals surface area contributed by atoms with Crippen molar-refractivity contribution in [2.75, 3.05) is 0 Å². The van der Waals surface area contributed by atoms with Gasteiger partial charge in [-0.3, -0.25) is 0 Å². The van der Waals surface area contributed by atoms with Crippen LogP contribution >= 0.6 is 10.7 Å². The summed E-state index contributed by atoms with van der Waals surface area (Å²) in [6, 6.07) is 0.250. The first-order valence-electron chi connectivity index (χ1n) is 4.43. The third-order valence-corrected chi connectivity index (χ3v) is 3.23. The Kier molecular flexibility index (Phi) is 3.55. The molecule has 14 heavy (non-hydrogen) atoms. The molecule has 1 rings (SSSR count). The van der Waals surface area contributed by atoms with E-state index in [9.17, 15) is 8.42 Å². The summed E-state index contributed by atoms with van der Waals surface area (Å²) in [6.45, 7) is 4.09. The lowest BCUT2D eigenvalue weighted by Gasteiger charge is -2.10. The minimum absolute atomic E-state index is 0.0814. The normalized spacial score (nSPS) is 14.2. The zero-order chi connectivity index (χ0) is 10.8. The smallest absolute Gasteiger partial charge is 0.280 e. The molecule has 1 atom stereocenters. The molecule has 1 heterocycles. The highest BCUT2D eigenvalue weighted by atomic mass is 35.7. The highest BCUT2D eigenvalue weighted by molar-refractivity contribution is 8.13. The molecule has 0 aliphatic heterocycles. The molecule has 0 amide bonds. The van der Waals surface area contributed by atoms with Crippen molar-refractivity contribution in [3.05, 3.63) is 12.5 Å². The van der Waals surface area contributed by atoms with Crippen molar-refractivity contribution in [2.24, 2.45) is 0 Å². The monoisotopic (exact) mass is 236 g/mol. The highest BCUT2D eigenvalue weighted by Gasteiger charge is 2.14. The van der Waals surface area contributed by atoms with E-state index in [-0.39, 0.29) is 11.1 Å². The molecule has 4 nitrogen and oxygen atoms in total. The summed E-state index contributed by atoms with van der Waals surface area (Å²) in [5, 5.41) is -0.0814. The van der Waals surface area contributed by atoms with E-state index in [0.29, 0.717) is 0 Å². The summed E-state index contributed by atoms with van der Waals surface area (Å²) in [4.78, 5) is 3.73. The first kappa shape index (κ1) is 11.5. The average molecular weight is 237 g/mol. The van der Waals surface area contributed by atoms with Gasteiger partial charge < -0.3 is 4.57 Å². The maximum atomic E-state index is 10.9. The van der Waals surface area contributed by atoms with Crippen LogP contribution < -0.4 is 0 Å². The van der Waals surface area contributed by atoms with Gasteiger partial charge in [-0.2, -0.15) is 0 Å². The molecule has 6 heteroatoms. The van der Waals surface area contributed by atoms with Crippen LogP contribution in [0.15, 0.2) is 17.6 Å². The zero-order valence-electron chi connectivity index (χ0n) is 8.14. The average Bonchev–Trinajstić information content (AvgIpc) is 2.51. The van der Waals surface area contributed by atoms with Gasteiger partial charge in [0.2, 0.25) is 0 Å². The van der Waals surface area contributed by atoms with Gasteiger partial charge in [-0.25, -0.2) is 13.4 Å². The Balaban J connectivity index is 2.88. The molecule has 0 N–H and O–H groups in total. The molecule has 0 fully saturated rings. The van der Waals surface area contributed by atoms with Gasteiger partial charge in [-0.15, -0.1) is 0 Å². The number of halogens is 1. The van der Waals surface area contributed by atoms with Crippen molar-refractivity contribution >= 4 is 19.7 Å². The fourth-order valence-corrected chi connectivity index (χ4v) is 1.91. The molecule has 1 unspecified atom stereocenters. The highest BCUT2D eigenvalue weighted by Crippen LogP contribution is 2.17. The molecule has 0 aliphatic rings. The second-order valence-corrected chi connectivity index (χ2v) is 5.75. The third-order valence-electron chi connectivity index (χ3n) is 2.04. The van der Waals surface area contributed by atoms with E-state index >= 15 is 0 Å². The van der Waals surface area contributed by atoms with Crippen molar-refractivity contribution in [3.63, 3.8) is 0 Å². The summed E-state index contributed by atoms with van der Waals surface area (Å²) in [6.07, 6.45) is 4.98. The molecule has 0 saturated heterocycles. The number of hydrogen-bond donors (Lipinski definition) is 0. The van der Waals surface area contributed by atoms with Crippen LogP contribution in [-0.4, -0.2) is 18.0 Å². The summed E-state index contributed by atoms with van der Waals surface area (Å²) in [5.74, 6) is 0. The number of aromatic nitrogens is 2. The summed E-state index contributed by atoms with van der Waals surface area (Å²) in [5.41, 5.74) is 0. The van der Waals surface area contributed by atoms with Crippen LogP contribution in [0.4, 0.5) is 0 Å². The first-order chi connectivity index (χ1) is 6.45. The van der Waals surface area contributed by atoms with Gasteiger partial charge in [-0.05, 0) is 13.3 Å². The minimum Gasteiger partial charge on any atom is -0.333 e. The maximum Gasteiger partial charge on any atom is 0.280 e. The maximum absolute atomic E-state index is 10.9. The van der Waals surface area contributed by atoms with Gasteiger partial charge in [-0.1, -0.05) is 13.3 Å². The lowest BCUT2D eigenvalue weighted by molar-refractivity contribution is 0.499. The molecular weight excluding hydrogens is 224 g/mol. The van der Waals surface area contributed by atoms with Gasteiger partial charge >= 0.3 is 0 Å². The van der Waals surface area contributed by atoms with E-state index < -0.39 is 9.05 Å². The number of hydrogen-bond acceptors (Lipinski definition) is 3. The topological polar surface area (TPSA) is 52.0 Å². The Morgan fingerprint density at radius 2 is 2.29 bits per heavy atom. The van der Waals surface area contributed by atoms with Crippen molar-refractivity contribution in [1.82, 2.24) is 9.55 Å². The van der Waals surface area contributed by atoms with Crippen LogP contribution in [0.1, 0.15) is 32.7 Å². The standard InChI is InChI=1S/C8H13ClN2O2S/c1-3-4-7(2)11-5-8(10-6-11)14(9,12)13/h5-7H,3-4H2,1-2H3. The molecule has 0 aliphatic carbocycles. The zero-order valence-corrected chi connectivity index (χ0v) is 9.72. The van der Waals surface area contributed by atoms with Crippen molar-refractivity contribution in [2.45, 2.75) is 37.8 Å². The Hall–Kier alpha value is -0.550. The van der Waals surface area contributed by atoms with Crippen molar-refractivity contribution in [3.8, 4) is 0 Å². The van der Waals surface area contributed by atoms with Crippen molar-refractivity contribution < 1.29 is 8.42 Å². The quantitative estimate of drug-likeness (QED) is 0.753. The summed E-state index contributed by atoms with van der Waals surface area (Å²) in [7, 11) is 1.46. The van der Waals surface area contributed by atoms with E-state index in [0.717, 1.165) is 12.8 Å². The Morgan fingerprint density at radius 1 is 1.64 bits per heavy atom. The van der Waals surface area contributed by atoms with Crippen LogP contribution in [0.5, 0.6) is 0 Å². The lowest BCUT2D eigenvalue weighted by Crippen LogP contribution is -2.01. The minimum atomic E-state index is -3.69. The third kappa shape index (κ3) is 2.72. The van der Waals surface area contributed by atoms with Crippen molar-refractivity contribution in [1.29, 1.82) is 0 Å². The molecule has 80 valence electrons. The second kappa shape index (κ2) is 4.31. The second-order valence-electron chi connectivity index (χ2n) is 3.23. The fraction of sp³-hybridized carbons (Fsp3) is 0.625. The van der Waals surface area contributed by atoms with Crippen LogP contribution in [0.2, 0.25) is 0 Å². The molecule has 0 saturated carbocycles. The number of imidazole rings is 1. The van der Waals surface area contributed by atoms with Gasteiger partial charge in [0.25, 0.3) is 9.05 Å². The van der Waals surface area contributed by atoms with E-state index in [1.54, 1.807) is 4.57 Å². The van der Waals surface area contributed by atoms with Gasteiger partial charge in [0.05, 0.1) is 6.33 Å². The van der Waals surface area contributed by atoms with Gasteiger partial charge in [0.15, 0.2) is 5.03 Å². The molecule has 1 aromatic rings. The Labute approximate surface area is 88.3 Å². The first-order valence-corrected chi connectivity index (χ1v) is 6.74. The van der Waals surface area contributed by atoms with Crippen LogP contribution in [-0.2, 0) is 9.05 Å². The molecule has 0 spiro atoms. The SMILES string of the molecule is CCCC(C)n1cnc(S(=O)(=O)Cl)c1. The fourth-order valence-electron chi connectivity index (χ4n) is 1.25. The molecular formula is C8H13ClN2O2S. The summed E-state index contributed by atoms with van der Waals surface area (Å²) < 4.78 is 23.6. The van der Waals surface area contributed by atoms with E-state index in [2.05, 4.69) is 11.9 Å². The Morgan fingerprint density at radius 3 is 2.71 bits per heavy atom. The lowest BCUT2D eigenvalue weighted by atomic mass is 10.2. The molecule has 1 aromatic heterocycles. The van der Waals surface area contributed by atoms with E-state index in [4.69, 9.17) is 10.7 Å². The predicted octanol–water partition coefficient (Wildman–Crippen LogP) is 2.17. The molecule has 0 aromatic carbocycles. The largest absolute Gasteiger partial charge is 0.333 e.